The third-order valence-corrected chi connectivity index (χ3v) is 7.29. The van der Waals surface area contributed by atoms with Crippen molar-refractivity contribution in [3.05, 3.63) is 0 Å². The Hall–Kier alpha value is -0.610. The summed E-state index contributed by atoms with van der Waals surface area (Å²) in [7, 11) is 0. The van der Waals surface area contributed by atoms with Gasteiger partial charge in [0, 0.05) is 17.8 Å². The Morgan fingerprint density at radius 2 is 1.86 bits per heavy atom. The average Bonchev–Trinajstić information content (AvgIpc) is 2.88. The molecule has 4 heteroatoms. The topological polar surface area (TPSA) is 66.8 Å². The van der Waals surface area contributed by atoms with Gasteiger partial charge in [-0.3, -0.25) is 4.79 Å². The van der Waals surface area contributed by atoms with Gasteiger partial charge in [-0.1, -0.05) is 20.8 Å². The second kappa shape index (κ2) is 4.45. The zero-order chi connectivity index (χ0) is 15.6. The number of aliphatic hydroxyl groups is 2. The Bertz CT molecular complexity index is 460. The number of ether oxygens (including phenoxy) is 1. The van der Waals surface area contributed by atoms with Crippen molar-refractivity contribution in [2.75, 3.05) is 6.61 Å². The first-order chi connectivity index (χ1) is 9.67. The zero-order valence-corrected chi connectivity index (χ0v) is 13.6. The zero-order valence-electron chi connectivity index (χ0n) is 13.6. The normalized spacial score (nSPS) is 50.8. The molecule has 3 saturated carbocycles. The van der Waals surface area contributed by atoms with E-state index in [0.717, 1.165) is 19.3 Å². The van der Waals surface area contributed by atoms with Crippen molar-refractivity contribution < 1.29 is 19.7 Å². The molecule has 0 amide bonds. The molecule has 120 valence electrons. The van der Waals surface area contributed by atoms with Gasteiger partial charge in [-0.15, -0.1) is 0 Å². The lowest BCUT2D eigenvalue weighted by Crippen LogP contribution is -2.52. The molecule has 4 nitrogen and oxygen atoms in total. The molecule has 0 saturated heterocycles. The van der Waals surface area contributed by atoms with E-state index in [9.17, 15) is 15.0 Å². The van der Waals surface area contributed by atoms with E-state index >= 15 is 0 Å². The molecule has 0 aliphatic heterocycles. The third-order valence-electron chi connectivity index (χ3n) is 7.29. The molecule has 2 N–H and O–H groups in total. The standard InChI is InChI=1S/C17H28O4/c1-10(18)21-9-17-8-6-12(19)16(17,4)7-5-11-13(14(17)20)15(11,2)3/h11-14,19-20H,5-9H2,1-4H3/t11-,12+,13-,14+,16-,17-/m1/s1. The molecule has 0 heterocycles. The molecule has 3 fully saturated rings. The van der Waals surface area contributed by atoms with Crippen molar-refractivity contribution in [1.82, 2.24) is 0 Å². The summed E-state index contributed by atoms with van der Waals surface area (Å²) in [6.45, 7) is 8.16. The number of esters is 1. The molecule has 0 unspecified atom stereocenters. The summed E-state index contributed by atoms with van der Waals surface area (Å²) in [6, 6.07) is 0. The first-order valence-electron chi connectivity index (χ1n) is 8.16. The lowest BCUT2D eigenvalue weighted by molar-refractivity contribution is -0.162. The molecule has 6 atom stereocenters. The van der Waals surface area contributed by atoms with Gasteiger partial charge in [0.2, 0.25) is 0 Å². The quantitative estimate of drug-likeness (QED) is 0.766. The van der Waals surface area contributed by atoms with Gasteiger partial charge in [0.25, 0.3) is 0 Å². The minimum absolute atomic E-state index is 0.164. The van der Waals surface area contributed by atoms with Crippen molar-refractivity contribution in [3.8, 4) is 0 Å². The predicted molar refractivity (Wildman–Crippen MR) is 78.4 cm³/mol. The number of carbonyl (C=O) groups excluding carboxylic acids is 1. The van der Waals surface area contributed by atoms with Gasteiger partial charge < -0.3 is 14.9 Å². The van der Waals surface area contributed by atoms with Crippen LogP contribution in [0.3, 0.4) is 0 Å². The monoisotopic (exact) mass is 296 g/mol. The Labute approximate surface area is 126 Å². The highest BCUT2D eigenvalue weighted by atomic mass is 16.5. The average molecular weight is 296 g/mol. The van der Waals surface area contributed by atoms with E-state index in [2.05, 4.69) is 20.8 Å². The number of carbonyl (C=O) groups is 1. The Kier molecular flexibility index (Phi) is 3.24. The third kappa shape index (κ3) is 1.84. The highest BCUT2D eigenvalue weighted by molar-refractivity contribution is 5.66. The van der Waals surface area contributed by atoms with Crippen LogP contribution in [0.4, 0.5) is 0 Å². The maximum absolute atomic E-state index is 11.3. The maximum Gasteiger partial charge on any atom is 0.302 e. The van der Waals surface area contributed by atoms with Gasteiger partial charge in [0.15, 0.2) is 0 Å². The van der Waals surface area contributed by atoms with Gasteiger partial charge in [-0.25, -0.2) is 0 Å². The molecule has 0 spiro atoms. The summed E-state index contributed by atoms with van der Waals surface area (Å²) >= 11 is 0. The predicted octanol–water partition coefficient (Wildman–Crippen LogP) is 2.12. The van der Waals surface area contributed by atoms with E-state index < -0.39 is 17.6 Å². The van der Waals surface area contributed by atoms with Crippen molar-refractivity contribution in [1.29, 1.82) is 0 Å². The van der Waals surface area contributed by atoms with E-state index in [1.165, 1.54) is 6.92 Å². The van der Waals surface area contributed by atoms with Crippen molar-refractivity contribution in [2.24, 2.45) is 28.1 Å². The summed E-state index contributed by atoms with van der Waals surface area (Å²) in [4.78, 5) is 11.3. The number of fused-ring (bicyclic) bond motifs is 2. The van der Waals surface area contributed by atoms with Crippen LogP contribution in [0.25, 0.3) is 0 Å². The molecule has 21 heavy (non-hydrogen) atoms. The summed E-state index contributed by atoms with van der Waals surface area (Å²) in [6.07, 6.45) is 2.46. The highest BCUT2D eigenvalue weighted by Crippen LogP contribution is 2.72. The number of aliphatic hydroxyl groups excluding tert-OH is 2. The fourth-order valence-corrected chi connectivity index (χ4v) is 5.55. The van der Waals surface area contributed by atoms with Crippen LogP contribution < -0.4 is 0 Å². The van der Waals surface area contributed by atoms with Crippen LogP contribution in [-0.4, -0.2) is 35.0 Å². The number of hydrogen-bond donors (Lipinski definition) is 2. The SMILES string of the molecule is CC(=O)OC[C@@]12CC[C@H](O)[C@@]1(C)CC[C@@H]1[C@H]([C@@H]2O)C1(C)C. The van der Waals surface area contributed by atoms with Gasteiger partial charge in [-0.05, 0) is 42.9 Å². The van der Waals surface area contributed by atoms with Gasteiger partial charge in [-0.2, -0.15) is 0 Å². The van der Waals surface area contributed by atoms with Crippen molar-refractivity contribution in [3.63, 3.8) is 0 Å². The van der Waals surface area contributed by atoms with Crippen molar-refractivity contribution in [2.45, 2.75) is 65.6 Å². The fourth-order valence-electron chi connectivity index (χ4n) is 5.55. The molecule has 3 aliphatic carbocycles. The minimum Gasteiger partial charge on any atom is -0.465 e. The Morgan fingerprint density at radius 1 is 1.19 bits per heavy atom. The van der Waals surface area contributed by atoms with E-state index in [4.69, 9.17) is 4.74 Å². The van der Waals surface area contributed by atoms with Crippen LogP contribution in [0.2, 0.25) is 0 Å². The number of hydrogen-bond acceptors (Lipinski definition) is 4. The largest absolute Gasteiger partial charge is 0.465 e. The second-order valence-electron chi connectivity index (χ2n) is 8.35. The molecule has 0 bridgehead atoms. The first kappa shape index (κ1) is 15.3. The molecule has 0 aromatic rings. The molecule has 3 aliphatic rings. The van der Waals surface area contributed by atoms with E-state index in [0.29, 0.717) is 12.3 Å². The lowest BCUT2D eigenvalue weighted by Gasteiger charge is -2.47. The smallest absolute Gasteiger partial charge is 0.302 e. The summed E-state index contributed by atoms with van der Waals surface area (Å²) < 4.78 is 5.35. The molecular formula is C17H28O4. The van der Waals surface area contributed by atoms with Gasteiger partial charge in [0.1, 0.15) is 0 Å². The van der Waals surface area contributed by atoms with Crippen LogP contribution in [-0.2, 0) is 9.53 Å². The van der Waals surface area contributed by atoms with Crippen LogP contribution in [0.15, 0.2) is 0 Å². The van der Waals surface area contributed by atoms with Crippen LogP contribution >= 0.6 is 0 Å². The van der Waals surface area contributed by atoms with Gasteiger partial charge in [0.05, 0.1) is 18.8 Å². The summed E-state index contributed by atoms with van der Waals surface area (Å²) in [5.74, 6) is 0.479. The molecule has 0 radical (unpaired) electrons. The Morgan fingerprint density at radius 3 is 2.48 bits per heavy atom. The second-order valence-corrected chi connectivity index (χ2v) is 8.35. The molecule has 3 rings (SSSR count). The lowest BCUT2D eigenvalue weighted by atomic mass is 9.60. The van der Waals surface area contributed by atoms with Gasteiger partial charge >= 0.3 is 5.97 Å². The van der Waals surface area contributed by atoms with E-state index in [1.807, 2.05) is 0 Å². The van der Waals surface area contributed by atoms with E-state index in [-0.39, 0.29) is 29.3 Å². The summed E-state index contributed by atoms with van der Waals surface area (Å²) in [5, 5.41) is 21.7. The van der Waals surface area contributed by atoms with Crippen molar-refractivity contribution >= 4 is 5.97 Å². The Balaban J connectivity index is 1.98. The highest BCUT2D eigenvalue weighted by Gasteiger charge is 2.72. The van der Waals surface area contributed by atoms with E-state index in [1.54, 1.807) is 0 Å². The first-order valence-corrected chi connectivity index (χ1v) is 8.16. The fraction of sp³-hybridized carbons (Fsp3) is 0.941. The molecule has 0 aromatic heterocycles. The molecular weight excluding hydrogens is 268 g/mol. The number of rotatable bonds is 2. The summed E-state index contributed by atoms with van der Waals surface area (Å²) in [5.41, 5.74) is -0.686. The van der Waals surface area contributed by atoms with Crippen LogP contribution in [0, 0.1) is 28.1 Å². The minimum atomic E-state index is -0.499. The maximum atomic E-state index is 11.3. The molecule has 0 aromatic carbocycles. The van der Waals surface area contributed by atoms with Crippen LogP contribution in [0.5, 0.6) is 0 Å². The van der Waals surface area contributed by atoms with Crippen LogP contribution in [0.1, 0.15) is 53.4 Å².